The molecule has 1 N–H and O–H groups in total. The van der Waals surface area contributed by atoms with E-state index in [0.29, 0.717) is 23.5 Å². The van der Waals surface area contributed by atoms with Crippen LogP contribution in [0, 0.1) is 0 Å². The monoisotopic (exact) mass is 394 g/mol. The quantitative estimate of drug-likeness (QED) is 0.321. The molecule has 1 fully saturated rings. The van der Waals surface area contributed by atoms with E-state index in [0.717, 1.165) is 0 Å². The van der Waals surface area contributed by atoms with Crippen molar-refractivity contribution in [1.82, 2.24) is 9.88 Å². The maximum absolute atomic E-state index is 12.8. The molecule has 2 heterocycles. The molecule has 29 heavy (non-hydrogen) atoms. The average molecular weight is 394 g/mol. The molecular formula is C22H22N2O5. The smallest absolute Gasteiger partial charge is 0.295 e. The van der Waals surface area contributed by atoms with Gasteiger partial charge in [0.05, 0.1) is 18.2 Å². The van der Waals surface area contributed by atoms with E-state index in [4.69, 9.17) is 9.47 Å². The lowest BCUT2D eigenvalue weighted by Gasteiger charge is -2.24. The lowest BCUT2D eigenvalue weighted by atomic mass is 9.96. The second kappa shape index (κ2) is 9.16. The predicted molar refractivity (Wildman–Crippen MR) is 107 cm³/mol. The molecule has 1 saturated heterocycles. The molecule has 1 aromatic carbocycles. The van der Waals surface area contributed by atoms with Crippen LogP contribution in [0.15, 0.2) is 67.0 Å². The van der Waals surface area contributed by atoms with Gasteiger partial charge in [0, 0.05) is 31.6 Å². The Hall–Kier alpha value is -3.45. The summed E-state index contributed by atoms with van der Waals surface area (Å²) in [5.41, 5.74) is 1.07. The number of likely N-dealkylation sites (tertiary alicyclic amines) is 1. The third-order valence-electron chi connectivity index (χ3n) is 4.57. The Bertz CT molecular complexity index is 922. The third kappa shape index (κ3) is 4.20. The van der Waals surface area contributed by atoms with Crippen LogP contribution in [-0.2, 0) is 14.3 Å². The molecule has 0 saturated carbocycles. The average Bonchev–Trinajstić information content (AvgIpc) is 3.01. The van der Waals surface area contributed by atoms with Crippen molar-refractivity contribution in [3.05, 3.63) is 78.1 Å². The number of methoxy groups -OCH3 is 1. The number of carbonyl (C=O) groups excluding carboxylic acids is 2. The van der Waals surface area contributed by atoms with Gasteiger partial charge in [-0.25, -0.2) is 0 Å². The summed E-state index contributed by atoms with van der Waals surface area (Å²) < 4.78 is 10.5. The number of amides is 1. The van der Waals surface area contributed by atoms with Crippen LogP contribution in [0.2, 0.25) is 0 Å². The zero-order chi connectivity index (χ0) is 20.8. The predicted octanol–water partition coefficient (Wildman–Crippen LogP) is 2.71. The molecule has 7 heteroatoms. The first-order valence-corrected chi connectivity index (χ1v) is 9.10. The normalized spacial score (nSPS) is 18.1. The highest BCUT2D eigenvalue weighted by atomic mass is 16.5. The van der Waals surface area contributed by atoms with Gasteiger partial charge in [0.1, 0.15) is 18.1 Å². The lowest BCUT2D eigenvalue weighted by Crippen LogP contribution is -2.32. The number of hydrogen-bond acceptors (Lipinski definition) is 6. The van der Waals surface area contributed by atoms with E-state index in [2.05, 4.69) is 11.6 Å². The fourth-order valence-electron chi connectivity index (χ4n) is 3.20. The molecule has 7 nitrogen and oxygen atoms in total. The highest BCUT2D eigenvalue weighted by Crippen LogP contribution is 2.39. The molecule has 150 valence electrons. The third-order valence-corrected chi connectivity index (χ3v) is 4.57. The Kier molecular flexibility index (Phi) is 6.41. The number of aliphatic hydroxyl groups excluding tert-OH is 1. The number of ether oxygens (including phenoxy) is 2. The fourth-order valence-corrected chi connectivity index (χ4v) is 3.20. The number of nitrogens with zero attached hydrogens (tertiary/aromatic N) is 2. The zero-order valence-corrected chi connectivity index (χ0v) is 16.1. The van der Waals surface area contributed by atoms with E-state index in [1.807, 2.05) is 0 Å². The first-order valence-electron chi connectivity index (χ1n) is 9.10. The van der Waals surface area contributed by atoms with Crippen molar-refractivity contribution in [3.8, 4) is 5.75 Å². The van der Waals surface area contributed by atoms with Crippen molar-refractivity contribution in [2.24, 2.45) is 0 Å². The van der Waals surface area contributed by atoms with Crippen molar-refractivity contribution >= 4 is 17.4 Å². The van der Waals surface area contributed by atoms with Gasteiger partial charge in [0.15, 0.2) is 0 Å². The van der Waals surface area contributed by atoms with Gasteiger partial charge in [-0.1, -0.05) is 18.7 Å². The maximum atomic E-state index is 12.8. The van der Waals surface area contributed by atoms with E-state index in [9.17, 15) is 14.7 Å². The molecule has 1 aliphatic rings. The Labute approximate surface area is 168 Å². The highest BCUT2D eigenvalue weighted by Gasteiger charge is 2.45. The molecule has 1 aromatic heterocycles. The van der Waals surface area contributed by atoms with Crippen molar-refractivity contribution in [2.75, 3.05) is 26.9 Å². The van der Waals surface area contributed by atoms with Crippen molar-refractivity contribution in [3.63, 3.8) is 0 Å². The number of rotatable bonds is 8. The maximum Gasteiger partial charge on any atom is 0.295 e. The minimum atomic E-state index is -0.740. The number of aliphatic hydroxyl groups is 1. The SMILES string of the molecule is C=CCOc1ccc(C(O)=C2C(=O)C(=O)N(CCOC)C2c2cccnc2)cc1. The number of hydrogen-bond donors (Lipinski definition) is 1. The zero-order valence-electron chi connectivity index (χ0n) is 16.1. The summed E-state index contributed by atoms with van der Waals surface area (Å²) in [6.45, 7) is 4.43. The molecular weight excluding hydrogens is 372 g/mol. The van der Waals surface area contributed by atoms with Crippen LogP contribution in [0.4, 0.5) is 0 Å². The fraction of sp³-hybridized carbons (Fsp3) is 0.227. The molecule has 1 unspecified atom stereocenters. The molecule has 0 bridgehead atoms. The molecule has 1 amide bonds. The number of pyridine rings is 1. The summed E-state index contributed by atoms with van der Waals surface area (Å²) in [5, 5.41) is 10.9. The molecule has 1 atom stereocenters. The van der Waals surface area contributed by atoms with Crippen LogP contribution in [0.5, 0.6) is 5.75 Å². The topological polar surface area (TPSA) is 89.0 Å². The van der Waals surface area contributed by atoms with E-state index >= 15 is 0 Å². The summed E-state index contributed by atoms with van der Waals surface area (Å²) in [6.07, 6.45) is 4.81. The van der Waals surface area contributed by atoms with Crippen LogP contribution in [-0.4, -0.2) is 53.5 Å². The number of aromatic nitrogens is 1. The number of benzene rings is 1. The van der Waals surface area contributed by atoms with Crippen molar-refractivity contribution in [2.45, 2.75) is 6.04 Å². The number of carbonyl (C=O) groups is 2. The Balaban J connectivity index is 2.04. The minimum absolute atomic E-state index is 0.0267. The Morgan fingerprint density at radius 3 is 2.66 bits per heavy atom. The van der Waals surface area contributed by atoms with Gasteiger partial charge in [-0.05, 0) is 35.9 Å². The molecule has 0 spiro atoms. The van der Waals surface area contributed by atoms with Crippen molar-refractivity contribution < 1.29 is 24.2 Å². The van der Waals surface area contributed by atoms with Crippen molar-refractivity contribution in [1.29, 1.82) is 0 Å². The van der Waals surface area contributed by atoms with E-state index in [1.165, 1.54) is 12.0 Å². The summed E-state index contributed by atoms with van der Waals surface area (Å²) in [6, 6.07) is 9.38. The molecule has 1 aliphatic heterocycles. The minimum Gasteiger partial charge on any atom is -0.507 e. The van der Waals surface area contributed by atoms with Crippen LogP contribution >= 0.6 is 0 Å². The summed E-state index contributed by atoms with van der Waals surface area (Å²) in [5.74, 6) is -1.05. The summed E-state index contributed by atoms with van der Waals surface area (Å²) >= 11 is 0. The van der Waals surface area contributed by atoms with Crippen LogP contribution < -0.4 is 4.74 Å². The van der Waals surface area contributed by atoms with Gasteiger partial charge >= 0.3 is 0 Å². The van der Waals surface area contributed by atoms with Crippen LogP contribution in [0.3, 0.4) is 0 Å². The Morgan fingerprint density at radius 1 is 1.28 bits per heavy atom. The second-order valence-corrected chi connectivity index (χ2v) is 6.40. The van der Waals surface area contributed by atoms with Gasteiger partial charge < -0.3 is 19.5 Å². The van der Waals surface area contributed by atoms with Gasteiger partial charge in [0.2, 0.25) is 0 Å². The van der Waals surface area contributed by atoms with Gasteiger partial charge in [-0.2, -0.15) is 0 Å². The first-order chi connectivity index (χ1) is 14.1. The van der Waals surface area contributed by atoms with E-state index < -0.39 is 17.7 Å². The first kappa shape index (κ1) is 20.3. The number of ketones is 1. The van der Waals surface area contributed by atoms with E-state index in [1.54, 1.807) is 54.9 Å². The highest BCUT2D eigenvalue weighted by molar-refractivity contribution is 6.46. The standard InChI is InChI=1S/C22H22N2O5/c1-3-12-29-17-8-6-15(7-9-17)20(25)18-19(16-5-4-10-23-14-16)24(11-13-28-2)22(27)21(18)26/h3-10,14,19,25H,1,11-13H2,2H3. The van der Waals surface area contributed by atoms with Gasteiger partial charge in [-0.15, -0.1) is 0 Å². The molecule has 0 aliphatic carbocycles. The summed E-state index contributed by atoms with van der Waals surface area (Å²) in [4.78, 5) is 30.9. The molecule has 2 aromatic rings. The lowest BCUT2D eigenvalue weighted by molar-refractivity contribution is -0.140. The van der Waals surface area contributed by atoms with Crippen LogP contribution in [0.1, 0.15) is 17.2 Å². The summed E-state index contributed by atoms with van der Waals surface area (Å²) in [7, 11) is 1.52. The number of Topliss-reactive ketones (excluding diaryl/α,β-unsaturated/α-hetero) is 1. The van der Waals surface area contributed by atoms with Gasteiger partial charge in [-0.3, -0.25) is 14.6 Å². The second-order valence-electron chi connectivity index (χ2n) is 6.40. The van der Waals surface area contributed by atoms with Gasteiger partial charge in [0.25, 0.3) is 11.7 Å². The van der Waals surface area contributed by atoms with E-state index in [-0.39, 0.29) is 24.5 Å². The molecule has 3 rings (SSSR count). The largest absolute Gasteiger partial charge is 0.507 e. The van der Waals surface area contributed by atoms with Crippen LogP contribution in [0.25, 0.3) is 5.76 Å². The Morgan fingerprint density at radius 2 is 2.03 bits per heavy atom. The molecule has 0 radical (unpaired) electrons.